The van der Waals surface area contributed by atoms with Gasteiger partial charge >= 0.3 is 0 Å². The van der Waals surface area contributed by atoms with Crippen molar-refractivity contribution in [2.45, 2.75) is 65.2 Å². The second-order valence-electron chi connectivity index (χ2n) is 4.93. The van der Waals surface area contributed by atoms with Crippen LogP contribution >= 0.6 is 0 Å². The Morgan fingerprint density at radius 3 is 2.07 bits per heavy atom. The highest BCUT2D eigenvalue weighted by molar-refractivity contribution is 4.91. The molecule has 1 unspecified atom stereocenters. The summed E-state index contributed by atoms with van der Waals surface area (Å²) in [6.07, 6.45) is 12.8. The van der Waals surface area contributed by atoms with Gasteiger partial charge in [-0.05, 0) is 11.8 Å². The summed E-state index contributed by atoms with van der Waals surface area (Å²) in [4.78, 5) is 0. The third-order valence-electron chi connectivity index (χ3n) is 3.31. The third-order valence-corrected chi connectivity index (χ3v) is 3.31. The molecular formula is C14H29N. The zero-order valence-corrected chi connectivity index (χ0v) is 10.7. The molecule has 0 amide bonds. The van der Waals surface area contributed by atoms with Gasteiger partial charge in [-0.1, -0.05) is 64.9 Å². The molecule has 0 saturated carbocycles. The van der Waals surface area contributed by atoms with Gasteiger partial charge in [0.05, 0.1) is 0 Å². The first-order chi connectivity index (χ1) is 7.18. The van der Waals surface area contributed by atoms with E-state index >= 15 is 0 Å². The topological polar surface area (TPSA) is 26.0 Å². The summed E-state index contributed by atoms with van der Waals surface area (Å²) >= 11 is 0. The van der Waals surface area contributed by atoms with Gasteiger partial charge in [-0.25, -0.2) is 0 Å². The first kappa shape index (κ1) is 14.7. The first-order valence-electron chi connectivity index (χ1n) is 6.52. The number of rotatable bonds is 10. The molecule has 0 aromatic heterocycles. The van der Waals surface area contributed by atoms with E-state index < -0.39 is 0 Å². The van der Waals surface area contributed by atoms with Gasteiger partial charge in [-0.3, -0.25) is 0 Å². The van der Waals surface area contributed by atoms with E-state index in [9.17, 15) is 0 Å². The van der Waals surface area contributed by atoms with E-state index in [1.807, 2.05) is 6.08 Å². The molecule has 0 bridgehead atoms. The average molecular weight is 211 g/mol. The maximum absolute atomic E-state index is 5.73. The van der Waals surface area contributed by atoms with E-state index in [-0.39, 0.29) is 5.41 Å². The molecule has 0 spiro atoms. The van der Waals surface area contributed by atoms with Gasteiger partial charge in [0.2, 0.25) is 0 Å². The molecule has 1 nitrogen and oxygen atoms in total. The van der Waals surface area contributed by atoms with Gasteiger partial charge in [0.1, 0.15) is 0 Å². The molecule has 0 aliphatic carbocycles. The summed E-state index contributed by atoms with van der Waals surface area (Å²) in [5, 5.41) is 0. The predicted molar refractivity (Wildman–Crippen MR) is 70.0 cm³/mol. The van der Waals surface area contributed by atoms with Crippen LogP contribution in [0.15, 0.2) is 12.7 Å². The van der Waals surface area contributed by atoms with E-state index in [4.69, 9.17) is 5.73 Å². The van der Waals surface area contributed by atoms with Crippen molar-refractivity contribution < 1.29 is 0 Å². The smallest absolute Gasteiger partial charge is 0.00114 e. The van der Waals surface area contributed by atoms with E-state index in [2.05, 4.69) is 20.4 Å². The van der Waals surface area contributed by atoms with Crippen molar-refractivity contribution in [1.29, 1.82) is 0 Å². The van der Waals surface area contributed by atoms with Crippen LogP contribution in [0, 0.1) is 5.41 Å². The summed E-state index contributed by atoms with van der Waals surface area (Å²) < 4.78 is 0. The monoisotopic (exact) mass is 211 g/mol. The Labute approximate surface area is 96.1 Å². The molecule has 15 heavy (non-hydrogen) atoms. The van der Waals surface area contributed by atoms with Gasteiger partial charge in [-0.2, -0.15) is 0 Å². The molecule has 0 aromatic rings. The van der Waals surface area contributed by atoms with E-state index in [1.165, 1.54) is 51.4 Å². The fraction of sp³-hybridized carbons (Fsp3) is 0.857. The quantitative estimate of drug-likeness (QED) is 0.423. The Morgan fingerprint density at radius 1 is 1.07 bits per heavy atom. The van der Waals surface area contributed by atoms with E-state index in [0.29, 0.717) is 0 Å². The minimum atomic E-state index is 0.170. The van der Waals surface area contributed by atoms with Crippen LogP contribution in [-0.2, 0) is 0 Å². The second kappa shape index (κ2) is 8.96. The normalized spacial score (nSPS) is 14.9. The fourth-order valence-electron chi connectivity index (χ4n) is 1.77. The summed E-state index contributed by atoms with van der Waals surface area (Å²) in [5.74, 6) is 0. The van der Waals surface area contributed by atoms with E-state index in [1.54, 1.807) is 0 Å². The van der Waals surface area contributed by atoms with Crippen LogP contribution in [0.4, 0.5) is 0 Å². The molecule has 1 heteroatoms. The van der Waals surface area contributed by atoms with Crippen molar-refractivity contribution in [1.82, 2.24) is 0 Å². The Kier molecular flexibility index (Phi) is 8.79. The van der Waals surface area contributed by atoms with Crippen LogP contribution < -0.4 is 5.73 Å². The maximum Gasteiger partial charge on any atom is 0.00114 e. The molecule has 0 aliphatic rings. The largest absolute Gasteiger partial charge is 0.330 e. The fourth-order valence-corrected chi connectivity index (χ4v) is 1.77. The lowest BCUT2D eigenvalue weighted by Crippen LogP contribution is -2.24. The van der Waals surface area contributed by atoms with Gasteiger partial charge < -0.3 is 5.73 Å². The SMILES string of the molecule is C=CC(C)(CN)CCCCCCCCC. The molecule has 0 fully saturated rings. The summed E-state index contributed by atoms with van der Waals surface area (Å²) in [6, 6.07) is 0. The molecule has 90 valence electrons. The van der Waals surface area contributed by atoms with Crippen LogP contribution in [0.25, 0.3) is 0 Å². The molecular weight excluding hydrogens is 182 g/mol. The number of nitrogens with two attached hydrogens (primary N) is 1. The zero-order chi connectivity index (χ0) is 11.6. The van der Waals surface area contributed by atoms with Crippen molar-refractivity contribution in [3.63, 3.8) is 0 Å². The minimum Gasteiger partial charge on any atom is -0.330 e. The van der Waals surface area contributed by atoms with Crippen molar-refractivity contribution in [3.8, 4) is 0 Å². The molecule has 1 atom stereocenters. The van der Waals surface area contributed by atoms with Crippen LogP contribution in [-0.4, -0.2) is 6.54 Å². The van der Waals surface area contributed by atoms with E-state index in [0.717, 1.165) is 6.54 Å². The number of hydrogen-bond acceptors (Lipinski definition) is 1. The maximum atomic E-state index is 5.73. The van der Waals surface area contributed by atoms with Crippen molar-refractivity contribution in [3.05, 3.63) is 12.7 Å². The summed E-state index contributed by atoms with van der Waals surface area (Å²) in [7, 11) is 0. The van der Waals surface area contributed by atoms with Crippen LogP contribution in [0.5, 0.6) is 0 Å². The molecule has 2 N–H and O–H groups in total. The predicted octanol–water partition coefficient (Wildman–Crippen LogP) is 4.28. The Morgan fingerprint density at radius 2 is 1.60 bits per heavy atom. The number of unbranched alkanes of at least 4 members (excludes halogenated alkanes) is 6. The summed E-state index contributed by atoms with van der Waals surface area (Å²) in [6.45, 7) is 9.06. The average Bonchev–Trinajstić information content (AvgIpc) is 2.27. The highest BCUT2D eigenvalue weighted by Gasteiger charge is 2.16. The molecule has 0 heterocycles. The lowest BCUT2D eigenvalue weighted by Gasteiger charge is -2.23. The zero-order valence-electron chi connectivity index (χ0n) is 10.7. The lowest BCUT2D eigenvalue weighted by molar-refractivity contribution is 0.380. The van der Waals surface area contributed by atoms with Gasteiger partial charge in [-0.15, -0.1) is 6.58 Å². The molecule has 0 aromatic carbocycles. The summed E-state index contributed by atoms with van der Waals surface area (Å²) in [5.41, 5.74) is 5.90. The molecule has 0 aliphatic heterocycles. The lowest BCUT2D eigenvalue weighted by atomic mass is 9.85. The Bertz CT molecular complexity index is 153. The second-order valence-corrected chi connectivity index (χ2v) is 4.93. The van der Waals surface area contributed by atoms with Gasteiger partial charge in [0.15, 0.2) is 0 Å². The van der Waals surface area contributed by atoms with Crippen LogP contribution in [0.3, 0.4) is 0 Å². The number of hydrogen-bond donors (Lipinski definition) is 1. The van der Waals surface area contributed by atoms with Crippen LogP contribution in [0.1, 0.15) is 65.2 Å². The van der Waals surface area contributed by atoms with Gasteiger partial charge in [0.25, 0.3) is 0 Å². The molecule has 0 radical (unpaired) electrons. The third kappa shape index (κ3) is 7.61. The molecule has 0 saturated heterocycles. The minimum absolute atomic E-state index is 0.170. The Hall–Kier alpha value is -0.300. The Balaban J connectivity index is 3.33. The highest BCUT2D eigenvalue weighted by Crippen LogP contribution is 2.24. The molecule has 0 rings (SSSR count). The van der Waals surface area contributed by atoms with Gasteiger partial charge in [0, 0.05) is 6.54 Å². The van der Waals surface area contributed by atoms with Crippen LogP contribution in [0.2, 0.25) is 0 Å². The van der Waals surface area contributed by atoms with Crippen molar-refractivity contribution in [2.75, 3.05) is 6.54 Å². The highest BCUT2D eigenvalue weighted by atomic mass is 14.6. The standard InChI is InChI=1S/C14H29N/c1-4-6-7-8-9-10-11-12-14(3,5-2)13-15/h5H,2,4,6-13,15H2,1,3H3. The van der Waals surface area contributed by atoms with Crippen molar-refractivity contribution in [2.24, 2.45) is 11.1 Å². The van der Waals surface area contributed by atoms with Crippen molar-refractivity contribution >= 4 is 0 Å². The first-order valence-corrected chi connectivity index (χ1v) is 6.52.